The fourth-order valence-corrected chi connectivity index (χ4v) is 2.69. The zero-order valence-electron chi connectivity index (χ0n) is 11.8. The van der Waals surface area contributed by atoms with Crippen molar-refractivity contribution in [1.82, 2.24) is 5.32 Å². The molecule has 0 atom stereocenters. The lowest BCUT2D eigenvalue weighted by atomic mass is 10.1. The van der Waals surface area contributed by atoms with E-state index in [1.54, 1.807) is 11.4 Å². The van der Waals surface area contributed by atoms with Gasteiger partial charge < -0.3 is 10.4 Å². The van der Waals surface area contributed by atoms with Crippen LogP contribution < -0.4 is 5.32 Å². The number of hydrogen-bond acceptors (Lipinski definition) is 3. The Bertz CT molecular complexity index is 679. The number of thiophene rings is 1. The van der Waals surface area contributed by atoms with E-state index in [9.17, 15) is 4.79 Å². The molecule has 1 amide bonds. The molecule has 4 heteroatoms. The third kappa shape index (κ3) is 4.75. The highest BCUT2D eigenvalue weighted by Gasteiger charge is 2.07. The number of carbonyl (C=O) groups excluding carboxylic acids is 1. The standard InChI is InChI=1S/C17H17NO2S/c1-13-4-2-5-14(10-13)7-8-18-17(20)15-11-16(21-12-15)6-3-9-19/h2,4-5,10-12,19H,7-9H2,1H3,(H,18,20). The number of aliphatic hydroxyl groups is 1. The molecule has 0 bridgehead atoms. The van der Waals surface area contributed by atoms with Gasteiger partial charge in [0.2, 0.25) is 0 Å². The lowest BCUT2D eigenvalue weighted by Gasteiger charge is -2.04. The van der Waals surface area contributed by atoms with Crippen LogP contribution in [0.3, 0.4) is 0 Å². The third-order valence-electron chi connectivity index (χ3n) is 2.93. The van der Waals surface area contributed by atoms with Gasteiger partial charge in [-0.15, -0.1) is 11.3 Å². The van der Waals surface area contributed by atoms with Crippen LogP contribution in [0, 0.1) is 18.8 Å². The van der Waals surface area contributed by atoms with E-state index in [1.807, 2.05) is 6.07 Å². The maximum absolute atomic E-state index is 12.0. The number of hydrogen-bond donors (Lipinski definition) is 2. The summed E-state index contributed by atoms with van der Waals surface area (Å²) >= 11 is 1.40. The Kier molecular flexibility index (Phi) is 5.56. The van der Waals surface area contributed by atoms with E-state index in [1.165, 1.54) is 22.5 Å². The summed E-state index contributed by atoms with van der Waals surface area (Å²) < 4.78 is 0. The highest BCUT2D eigenvalue weighted by atomic mass is 32.1. The van der Waals surface area contributed by atoms with Gasteiger partial charge in [0.15, 0.2) is 0 Å². The quantitative estimate of drug-likeness (QED) is 0.852. The molecule has 2 rings (SSSR count). The van der Waals surface area contributed by atoms with Gasteiger partial charge >= 0.3 is 0 Å². The molecule has 0 aliphatic carbocycles. The second-order valence-electron chi connectivity index (χ2n) is 4.65. The normalized spacial score (nSPS) is 9.81. The lowest BCUT2D eigenvalue weighted by molar-refractivity contribution is 0.0954. The van der Waals surface area contributed by atoms with E-state index in [4.69, 9.17) is 5.11 Å². The summed E-state index contributed by atoms with van der Waals surface area (Å²) in [6, 6.07) is 10.0. The number of rotatable bonds is 4. The summed E-state index contributed by atoms with van der Waals surface area (Å²) in [4.78, 5) is 12.8. The second-order valence-corrected chi connectivity index (χ2v) is 5.57. The molecule has 0 saturated heterocycles. The van der Waals surface area contributed by atoms with Gasteiger partial charge in [0, 0.05) is 11.9 Å². The maximum atomic E-state index is 12.0. The Balaban J connectivity index is 1.86. The van der Waals surface area contributed by atoms with Crippen molar-refractivity contribution >= 4 is 17.2 Å². The van der Waals surface area contributed by atoms with Crippen molar-refractivity contribution in [2.75, 3.05) is 13.2 Å². The minimum atomic E-state index is -0.171. The summed E-state index contributed by atoms with van der Waals surface area (Å²) in [5.74, 6) is 5.28. The number of aryl methyl sites for hydroxylation is 1. The lowest BCUT2D eigenvalue weighted by Crippen LogP contribution is -2.25. The van der Waals surface area contributed by atoms with Crippen LogP contribution in [0.4, 0.5) is 0 Å². The molecule has 0 unspecified atom stereocenters. The molecule has 2 aromatic rings. The number of aliphatic hydroxyl groups excluding tert-OH is 1. The predicted molar refractivity (Wildman–Crippen MR) is 85.5 cm³/mol. The van der Waals surface area contributed by atoms with Gasteiger partial charge in [0.25, 0.3) is 5.91 Å². The minimum Gasteiger partial charge on any atom is -0.384 e. The molecule has 1 aromatic heterocycles. The van der Waals surface area contributed by atoms with Gasteiger partial charge in [-0.1, -0.05) is 41.7 Å². The summed E-state index contributed by atoms with van der Waals surface area (Å²) in [7, 11) is 0. The molecule has 0 spiro atoms. The molecule has 0 radical (unpaired) electrons. The Morgan fingerprint density at radius 1 is 1.38 bits per heavy atom. The van der Waals surface area contributed by atoms with Crippen molar-refractivity contribution in [3.8, 4) is 11.8 Å². The van der Waals surface area contributed by atoms with Crippen molar-refractivity contribution in [3.05, 3.63) is 57.3 Å². The number of nitrogens with one attached hydrogen (secondary N) is 1. The largest absolute Gasteiger partial charge is 0.384 e. The first-order valence-corrected chi connectivity index (χ1v) is 7.59. The number of amides is 1. The van der Waals surface area contributed by atoms with Gasteiger partial charge in [-0.2, -0.15) is 0 Å². The molecular formula is C17H17NO2S. The van der Waals surface area contributed by atoms with Crippen LogP contribution in [0.5, 0.6) is 0 Å². The molecule has 108 valence electrons. The molecule has 1 aromatic carbocycles. The first kappa shape index (κ1) is 15.3. The average molecular weight is 299 g/mol. The molecule has 0 aliphatic heterocycles. The molecule has 3 nitrogen and oxygen atoms in total. The van der Waals surface area contributed by atoms with E-state index in [2.05, 4.69) is 42.3 Å². The Morgan fingerprint density at radius 3 is 3.00 bits per heavy atom. The fraction of sp³-hybridized carbons (Fsp3) is 0.235. The molecule has 0 aliphatic rings. The van der Waals surface area contributed by atoms with Gasteiger partial charge in [-0.25, -0.2) is 0 Å². The van der Waals surface area contributed by atoms with Crippen LogP contribution in [-0.4, -0.2) is 24.2 Å². The van der Waals surface area contributed by atoms with Crippen LogP contribution in [0.15, 0.2) is 35.7 Å². The second kappa shape index (κ2) is 7.63. The molecule has 1 heterocycles. The molecule has 0 fully saturated rings. The SMILES string of the molecule is Cc1cccc(CCNC(=O)c2csc(C#CCO)c2)c1. The van der Waals surface area contributed by atoms with Crippen molar-refractivity contribution in [3.63, 3.8) is 0 Å². The van der Waals surface area contributed by atoms with Crippen LogP contribution in [-0.2, 0) is 6.42 Å². The van der Waals surface area contributed by atoms with Gasteiger partial charge in [-0.3, -0.25) is 4.79 Å². The van der Waals surface area contributed by atoms with E-state index in [0.717, 1.165) is 11.3 Å². The molecule has 21 heavy (non-hydrogen) atoms. The first-order valence-electron chi connectivity index (χ1n) is 6.71. The topological polar surface area (TPSA) is 49.3 Å². The smallest absolute Gasteiger partial charge is 0.252 e. The number of carbonyl (C=O) groups is 1. The van der Waals surface area contributed by atoms with E-state index in [-0.39, 0.29) is 12.5 Å². The average Bonchev–Trinajstić information content (AvgIpc) is 2.94. The predicted octanol–water partition coefficient (Wildman–Crippen LogP) is 2.37. The van der Waals surface area contributed by atoms with Crippen molar-refractivity contribution in [2.45, 2.75) is 13.3 Å². The van der Waals surface area contributed by atoms with Crippen molar-refractivity contribution in [2.24, 2.45) is 0 Å². The monoisotopic (exact) mass is 299 g/mol. The Hall–Kier alpha value is -2.09. The van der Waals surface area contributed by atoms with Crippen molar-refractivity contribution < 1.29 is 9.90 Å². The Labute approximate surface area is 128 Å². The first-order chi connectivity index (χ1) is 10.2. The Morgan fingerprint density at radius 2 is 2.24 bits per heavy atom. The van der Waals surface area contributed by atoms with Crippen LogP contribution in [0.25, 0.3) is 0 Å². The zero-order valence-corrected chi connectivity index (χ0v) is 12.7. The highest BCUT2D eigenvalue weighted by Crippen LogP contribution is 2.13. The van der Waals surface area contributed by atoms with Crippen LogP contribution >= 0.6 is 11.3 Å². The molecule has 2 N–H and O–H groups in total. The van der Waals surface area contributed by atoms with E-state index >= 15 is 0 Å². The van der Waals surface area contributed by atoms with Gasteiger partial charge in [-0.05, 0) is 25.0 Å². The summed E-state index contributed by atoms with van der Waals surface area (Å²) in [5, 5.41) is 13.3. The molecular weight excluding hydrogens is 282 g/mol. The van der Waals surface area contributed by atoms with Crippen LogP contribution in [0.2, 0.25) is 0 Å². The summed E-state index contributed by atoms with van der Waals surface area (Å²) in [6.45, 7) is 2.49. The maximum Gasteiger partial charge on any atom is 0.252 e. The van der Waals surface area contributed by atoms with E-state index in [0.29, 0.717) is 12.1 Å². The fourth-order valence-electron chi connectivity index (χ4n) is 1.94. The van der Waals surface area contributed by atoms with Gasteiger partial charge in [0.05, 0.1) is 10.4 Å². The van der Waals surface area contributed by atoms with Crippen molar-refractivity contribution in [1.29, 1.82) is 0 Å². The minimum absolute atomic E-state index is 0.0871. The number of benzene rings is 1. The zero-order chi connectivity index (χ0) is 15.1. The van der Waals surface area contributed by atoms with E-state index < -0.39 is 0 Å². The van der Waals surface area contributed by atoms with Crippen LogP contribution in [0.1, 0.15) is 26.4 Å². The van der Waals surface area contributed by atoms with Gasteiger partial charge in [0.1, 0.15) is 6.61 Å². The molecule has 0 saturated carbocycles. The highest BCUT2D eigenvalue weighted by molar-refractivity contribution is 7.10. The third-order valence-corrected chi connectivity index (χ3v) is 3.78. The summed E-state index contributed by atoms with van der Waals surface area (Å²) in [5.41, 5.74) is 3.06. The summed E-state index contributed by atoms with van der Waals surface area (Å²) in [6.07, 6.45) is 0.814.